The van der Waals surface area contributed by atoms with E-state index < -0.39 is 17.2 Å². The van der Waals surface area contributed by atoms with Gasteiger partial charge in [0.1, 0.15) is 11.6 Å². The first-order chi connectivity index (χ1) is 15.9. The summed E-state index contributed by atoms with van der Waals surface area (Å²) in [6.45, 7) is 2.63. The normalized spacial score (nSPS) is 16.5. The molecule has 3 aromatic rings. The fourth-order valence-corrected chi connectivity index (χ4v) is 4.21. The van der Waals surface area contributed by atoms with E-state index in [4.69, 9.17) is 0 Å². The molecule has 172 valence electrons. The monoisotopic (exact) mass is 450 g/mol. The van der Waals surface area contributed by atoms with Crippen LogP contribution in [0, 0.1) is 5.82 Å². The van der Waals surface area contributed by atoms with Crippen molar-refractivity contribution in [3.8, 4) is 5.75 Å². The summed E-state index contributed by atoms with van der Waals surface area (Å²) in [6.07, 6.45) is 1.77. The molecule has 0 bridgehead atoms. The Labute approximate surface area is 191 Å². The molecule has 1 atom stereocenters. The highest BCUT2D eigenvalue weighted by atomic mass is 19.1. The molecule has 1 aliphatic rings. The van der Waals surface area contributed by atoms with Crippen LogP contribution in [-0.2, 0) is 13.1 Å². The maximum absolute atomic E-state index is 13.2. The Balaban J connectivity index is 1.51. The zero-order valence-electron chi connectivity index (χ0n) is 18.5. The van der Waals surface area contributed by atoms with Crippen LogP contribution in [0.15, 0.2) is 59.4 Å². The van der Waals surface area contributed by atoms with Gasteiger partial charge in [-0.2, -0.15) is 0 Å². The maximum atomic E-state index is 13.2. The minimum atomic E-state index is -0.723. The smallest absolute Gasteiger partial charge is 0.293 e. The zero-order chi connectivity index (χ0) is 23.4. The van der Waals surface area contributed by atoms with Gasteiger partial charge in [0, 0.05) is 32.6 Å². The van der Waals surface area contributed by atoms with Crippen molar-refractivity contribution in [1.29, 1.82) is 0 Å². The van der Waals surface area contributed by atoms with E-state index in [1.807, 2.05) is 18.2 Å². The number of halogens is 1. The van der Waals surface area contributed by atoms with Crippen LogP contribution in [0.5, 0.6) is 5.75 Å². The second kappa shape index (κ2) is 9.95. The second-order valence-electron chi connectivity index (χ2n) is 8.50. The molecule has 1 fully saturated rings. The summed E-state index contributed by atoms with van der Waals surface area (Å²) in [5, 5.41) is 10.3. The lowest BCUT2D eigenvalue weighted by molar-refractivity contribution is 0.0774. The molecule has 2 heterocycles. The molecule has 33 heavy (non-hydrogen) atoms. The van der Waals surface area contributed by atoms with E-state index in [1.165, 1.54) is 22.6 Å². The average Bonchev–Trinajstić information content (AvgIpc) is 2.82. The lowest BCUT2D eigenvalue weighted by atomic mass is 9.96. The molecule has 4 rings (SSSR count). The van der Waals surface area contributed by atoms with Crippen LogP contribution in [-0.4, -0.2) is 50.9 Å². The number of H-pyrrole nitrogens is 1. The Kier molecular flexibility index (Phi) is 6.84. The number of hydrogen-bond donors (Lipinski definition) is 2. The lowest BCUT2D eigenvalue weighted by Gasteiger charge is -2.32. The molecule has 0 spiro atoms. The second-order valence-corrected chi connectivity index (χ2v) is 8.50. The Bertz CT molecular complexity index is 1160. The van der Waals surface area contributed by atoms with Crippen molar-refractivity contribution in [2.24, 2.45) is 0 Å². The number of likely N-dealkylation sites (tertiary alicyclic amines) is 1. The van der Waals surface area contributed by atoms with Gasteiger partial charge in [-0.1, -0.05) is 42.5 Å². The number of amides is 1. The Morgan fingerprint density at radius 3 is 2.64 bits per heavy atom. The summed E-state index contributed by atoms with van der Waals surface area (Å²) >= 11 is 0. The highest BCUT2D eigenvalue weighted by molar-refractivity contribution is 5.94. The number of nitrogens with zero attached hydrogens (tertiary/aromatic N) is 3. The van der Waals surface area contributed by atoms with E-state index in [1.54, 1.807) is 19.2 Å². The molecule has 1 amide bonds. The van der Waals surface area contributed by atoms with Crippen LogP contribution in [0.2, 0.25) is 0 Å². The quantitative estimate of drug-likeness (QED) is 0.602. The van der Waals surface area contributed by atoms with Crippen LogP contribution in [0.25, 0.3) is 0 Å². The Hall–Kier alpha value is -3.52. The molecule has 2 N–H and O–H groups in total. The molecule has 2 aromatic carbocycles. The fourth-order valence-electron chi connectivity index (χ4n) is 4.21. The van der Waals surface area contributed by atoms with Crippen LogP contribution < -0.4 is 5.56 Å². The van der Waals surface area contributed by atoms with Gasteiger partial charge in [0.2, 0.25) is 5.75 Å². The molecule has 7 nitrogen and oxygen atoms in total. The highest BCUT2D eigenvalue weighted by Crippen LogP contribution is 2.26. The lowest BCUT2D eigenvalue weighted by Crippen LogP contribution is -2.36. The van der Waals surface area contributed by atoms with E-state index in [0.29, 0.717) is 12.4 Å². The van der Waals surface area contributed by atoms with Crippen LogP contribution in [0.4, 0.5) is 4.39 Å². The van der Waals surface area contributed by atoms with Crippen LogP contribution in [0.3, 0.4) is 0 Å². The van der Waals surface area contributed by atoms with E-state index in [9.17, 15) is 19.1 Å². The summed E-state index contributed by atoms with van der Waals surface area (Å²) in [7, 11) is 1.55. The number of aromatic hydroxyl groups is 1. The predicted octanol–water partition coefficient (Wildman–Crippen LogP) is 3.27. The topological polar surface area (TPSA) is 89.5 Å². The van der Waals surface area contributed by atoms with E-state index in [0.717, 1.165) is 31.5 Å². The minimum absolute atomic E-state index is 0.0512. The summed E-state index contributed by atoms with van der Waals surface area (Å²) in [5.74, 6) is -1.26. The average molecular weight is 451 g/mol. The van der Waals surface area contributed by atoms with Gasteiger partial charge < -0.3 is 15.0 Å². The first kappa shape index (κ1) is 22.7. The van der Waals surface area contributed by atoms with Crippen LogP contribution in [0.1, 0.15) is 46.2 Å². The summed E-state index contributed by atoms with van der Waals surface area (Å²) < 4.78 is 13.2. The number of piperidine rings is 1. The van der Waals surface area contributed by atoms with Gasteiger partial charge in [-0.3, -0.25) is 14.5 Å². The summed E-state index contributed by atoms with van der Waals surface area (Å²) in [6, 6.07) is 16.0. The van der Waals surface area contributed by atoms with E-state index >= 15 is 0 Å². The minimum Gasteiger partial charge on any atom is -0.501 e. The number of nitrogens with one attached hydrogen (secondary N) is 1. The number of hydrogen-bond acceptors (Lipinski definition) is 5. The SMILES string of the molecule is CN(Cc1ccc(F)cc1)C(=O)c1nc(C2CCCN(Cc3ccccc3)C2)[nH]c(=O)c1O. The molecule has 8 heteroatoms. The highest BCUT2D eigenvalue weighted by Gasteiger charge is 2.27. The third kappa shape index (κ3) is 5.46. The van der Waals surface area contributed by atoms with E-state index in [-0.39, 0.29) is 24.0 Å². The van der Waals surface area contributed by atoms with Gasteiger partial charge in [-0.25, -0.2) is 9.37 Å². The fraction of sp³-hybridized carbons (Fsp3) is 0.320. The van der Waals surface area contributed by atoms with Gasteiger partial charge in [-0.15, -0.1) is 0 Å². The van der Waals surface area contributed by atoms with Gasteiger partial charge in [0.25, 0.3) is 11.5 Å². The maximum Gasteiger partial charge on any atom is 0.293 e. The third-order valence-electron chi connectivity index (χ3n) is 5.94. The van der Waals surface area contributed by atoms with Crippen molar-refractivity contribution in [3.05, 3.63) is 93.4 Å². The van der Waals surface area contributed by atoms with Crippen molar-refractivity contribution in [1.82, 2.24) is 19.8 Å². The number of aromatic nitrogens is 2. The molecule has 0 radical (unpaired) electrons. The van der Waals surface area contributed by atoms with Crippen LogP contribution >= 0.6 is 0 Å². The summed E-state index contributed by atoms with van der Waals surface area (Å²) in [4.78, 5) is 36.1. The van der Waals surface area contributed by atoms with Crippen molar-refractivity contribution in [2.75, 3.05) is 20.1 Å². The van der Waals surface area contributed by atoms with Crippen molar-refractivity contribution in [3.63, 3.8) is 0 Å². The first-order valence-corrected chi connectivity index (χ1v) is 11.0. The standard InChI is InChI=1S/C25H27FN4O3/c1-29(14-18-9-11-20(26)12-10-18)25(33)21-22(31)24(32)28-23(27-21)19-8-5-13-30(16-19)15-17-6-3-2-4-7-17/h2-4,6-7,9-12,19,31H,5,8,13-16H2,1H3,(H,27,28,32). The molecule has 1 aliphatic heterocycles. The number of benzene rings is 2. The first-order valence-electron chi connectivity index (χ1n) is 11.0. The largest absolute Gasteiger partial charge is 0.501 e. The van der Waals surface area contributed by atoms with E-state index in [2.05, 4.69) is 27.0 Å². The molecule has 1 aromatic heterocycles. The van der Waals surface area contributed by atoms with Gasteiger partial charge in [0.15, 0.2) is 5.69 Å². The Morgan fingerprint density at radius 2 is 1.91 bits per heavy atom. The van der Waals surface area contributed by atoms with Crippen molar-refractivity contribution in [2.45, 2.75) is 31.8 Å². The van der Waals surface area contributed by atoms with Crippen molar-refractivity contribution >= 4 is 5.91 Å². The molecule has 1 unspecified atom stereocenters. The van der Waals surface area contributed by atoms with Gasteiger partial charge in [-0.05, 0) is 42.6 Å². The number of rotatable bonds is 6. The third-order valence-corrected chi connectivity index (χ3v) is 5.94. The molecule has 1 saturated heterocycles. The number of carbonyl (C=O) groups is 1. The number of carbonyl (C=O) groups excluding carboxylic acids is 1. The predicted molar refractivity (Wildman–Crippen MR) is 122 cm³/mol. The van der Waals surface area contributed by atoms with Crippen molar-refractivity contribution < 1.29 is 14.3 Å². The Morgan fingerprint density at radius 1 is 1.18 bits per heavy atom. The van der Waals surface area contributed by atoms with Gasteiger partial charge >= 0.3 is 0 Å². The molecule has 0 saturated carbocycles. The molecule has 0 aliphatic carbocycles. The zero-order valence-corrected chi connectivity index (χ0v) is 18.5. The van der Waals surface area contributed by atoms with Gasteiger partial charge in [0.05, 0.1) is 0 Å². The number of aromatic amines is 1. The molecular formula is C25H27FN4O3. The molecular weight excluding hydrogens is 423 g/mol. The summed E-state index contributed by atoms with van der Waals surface area (Å²) in [5.41, 5.74) is 0.946.